The summed E-state index contributed by atoms with van der Waals surface area (Å²) in [5.74, 6) is 0.948. The van der Waals surface area contributed by atoms with Crippen molar-refractivity contribution in [3.63, 3.8) is 0 Å². The number of hydrogen-bond donors (Lipinski definition) is 1. The van der Waals surface area contributed by atoms with Gasteiger partial charge >= 0.3 is 0 Å². The molecule has 0 bridgehead atoms. The Labute approximate surface area is 141 Å². The second kappa shape index (κ2) is 6.36. The SMILES string of the molecule is Cc1cc(Nc2ccc(O[Si](C)(C)C(C)(C)C)cc2)cc(C)n1. The minimum atomic E-state index is -1.78. The van der Waals surface area contributed by atoms with E-state index in [1.165, 1.54) is 0 Å². The molecule has 1 heterocycles. The van der Waals surface area contributed by atoms with Crippen LogP contribution in [0.5, 0.6) is 5.75 Å². The molecule has 0 aliphatic heterocycles. The summed E-state index contributed by atoms with van der Waals surface area (Å²) in [5.41, 5.74) is 4.15. The summed E-state index contributed by atoms with van der Waals surface area (Å²) in [4.78, 5) is 4.40. The van der Waals surface area contributed by atoms with E-state index in [0.717, 1.165) is 28.5 Å². The number of hydrogen-bond acceptors (Lipinski definition) is 3. The highest BCUT2D eigenvalue weighted by Crippen LogP contribution is 2.37. The predicted molar refractivity (Wildman–Crippen MR) is 101 cm³/mol. The van der Waals surface area contributed by atoms with Gasteiger partial charge in [-0.1, -0.05) is 20.8 Å². The average Bonchev–Trinajstić information content (AvgIpc) is 2.38. The van der Waals surface area contributed by atoms with Gasteiger partial charge in [0.25, 0.3) is 0 Å². The first kappa shape index (κ1) is 17.5. The highest BCUT2D eigenvalue weighted by atomic mass is 28.4. The van der Waals surface area contributed by atoms with Crippen LogP contribution < -0.4 is 9.74 Å². The van der Waals surface area contributed by atoms with Crippen molar-refractivity contribution in [1.29, 1.82) is 0 Å². The molecule has 0 radical (unpaired) electrons. The molecule has 1 N–H and O–H groups in total. The molecule has 1 aromatic carbocycles. The van der Waals surface area contributed by atoms with Gasteiger partial charge in [0.1, 0.15) is 5.75 Å². The minimum absolute atomic E-state index is 0.204. The topological polar surface area (TPSA) is 34.1 Å². The van der Waals surface area contributed by atoms with E-state index in [-0.39, 0.29) is 5.04 Å². The molecule has 4 heteroatoms. The van der Waals surface area contributed by atoms with Gasteiger partial charge in [0.15, 0.2) is 0 Å². The Bertz CT molecular complexity index is 653. The van der Waals surface area contributed by atoms with Gasteiger partial charge in [-0.25, -0.2) is 0 Å². The zero-order chi connectivity index (χ0) is 17.3. The molecular weight excluding hydrogens is 300 g/mol. The molecule has 0 amide bonds. The van der Waals surface area contributed by atoms with Crippen LogP contribution in [0.3, 0.4) is 0 Å². The Kier molecular flexibility index (Phi) is 4.85. The molecule has 124 valence electrons. The number of anilines is 2. The number of rotatable bonds is 4. The highest BCUT2D eigenvalue weighted by Gasteiger charge is 2.38. The van der Waals surface area contributed by atoms with E-state index < -0.39 is 8.32 Å². The summed E-state index contributed by atoms with van der Waals surface area (Å²) in [6.07, 6.45) is 0. The summed E-state index contributed by atoms with van der Waals surface area (Å²) in [6, 6.07) is 12.3. The zero-order valence-corrected chi connectivity index (χ0v) is 16.3. The van der Waals surface area contributed by atoms with Crippen molar-refractivity contribution < 1.29 is 4.43 Å². The first-order chi connectivity index (χ1) is 10.6. The molecule has 3 nitrogen and oxygen atoms in total. The lowest BCUT2D eigenvalue weighted by Gasteiger charge is -2.36. The second-order valence-corrected chi connectivity index (χ2v) is 12.4. The predicted octanol–water partition coefficient (Wildman–Crippen LogP) is 5.83. The smallest absolute Gasteiger partial charge is 0.250 e. The molecule has 0 saturated carbocycles. The van der Waals surface area contributed by atoms with E-state index in [1.807, 2.05) is 38.1 Å². The van der Waals surface area contributed by atoms with Gasteiger partial charge < -0.3 is 9.74 Å². The Morgan fingerprint density at radius 3 is 1.91 bits per heavy atom. The molecule has 0 aliphatic rings. The van der Waals surface area contributed by atoms with Crippen molar-refractivity contribution in [3.8, 4) is 5.75 Å². The molecule has 23 heavy (non-hydrogen) atoms. The van der Waals surface area contributed by atoms with Crippen molar-refractivity contribution in [2.45, 2.75) is 52.8 Å². The van der Waals surface area contributed by atoms with Crippen LogP contribution in [0.25, 0.3) is 0 Å². The number of nitrogens with zero attached hydrogens (tertiary/aromatic N) is 1. The lowest BCUT2D eigenvalue weighted by Crippen LogP contribution is -2.43. The molecule has 0 saturated heterocycles. The third-order valence-corrected chi connectivity index (χ3v) is 8.76. The van der Waals surface area contributed by atoms with E-state index in [1.54, 1.807) is 0 Å². The van der Waals surface area contributed by atoms with Crippen LogP contribution in [-0.2, 0) is 0 Å². The Morgan fingerprint density at radius 2 is 1.43 bits per heavy atom. The Balaban J connectivity index is 2.11. The van der Waals surface area contributed by atoms with Crippen molar-refractivity contribution >= 4 is 19.7 Å². The summed E-state index contributed by atoms with van der Waals surface area (Å²) in [5, 5.41) is 3.63. The van der Waals surface area contributed by atoms with Crippen LogP contribution >= 0.6 is 0 Å². The van der Waals surface area contributed by atoms with E-state index >= 15 is 0 Å². The van der Waals surface area contributed by atoms with Gasteiger partial charge in [0, 0.05) is 22.8 Å². The van der Waals surface area contributed by atoms with Crippen molar-refractivity contribution in [1.82, 2.24) is 4.98 Å². The Hall–Kier alpha value is -1.81. The van der Waals surface area contributed by atoms with E-state index in [0.29, 0.717) is 0 Å². The number of benzene rings is 1. The van der Waals surface area contributed by atoms with E-state index in [9.17, 15) is 0 Å². The monoisotopic (exact) mass is 328 g/mol. The maximum absolute atomic E-state index is 6.31. The van der Waals surface area contributed by atoms with Gasteiger partial charge in [0.2, 0.25) is 8.32 Å². The fourth-order valence-electron chi connectivity index (χ4n) is 2.13. The van der Waals surface area contributed by atoms with Gasteiger partial charge in [-0.3, -0.25) is 4.98 Å². The van der Waals surface area contributed by atoms with E-state index in [4.69, 9.17) is 4.43 Å². The molecule has 0 atom stereocenters. The van der Waals surface area contributed by atoms with Gasteiger partial charge in [0.05, 0.1) is 0 Å². The fraction of sp³-hybridized carbons (Fsp3) is 0.421. The number of pyridine rings is 1. The summed E-state index contributed by atoms with van der Waals surface area (Å²) in [7, 11) is -1.78. The lowest BCUT2D eigenvalue weighted by atomic mass is 10.2. The summed E-state index contributed by atoms with van der Waals surface area (Å²) in [6.45, 7) is 15.3. The summed E-state index contributed by atoms with van der Waals surface area (Å²) < 4.78 is 6.31. The third kappa shape index (κ3) is 4.58. The zero-order valence-electron chi connectivity index (χ0n) is 15.3. The first-order valence-corrected chi connectivity index (χ1v) is 11.0. The van der Waals surface area contributed by atoms with Crippen molar-refractivity contribution in [3.05, 3.63) is 47.8 Å². The van der Waals surface area contributed by atoms with Crippen LogP contribution in [-0.4, -0.2) is 13.3 Å². The van der Waals surface area contributed by atoms with Crippen LogP contribution in [0.1, 0.15) is 32.2 Å². The van der Waals surface area contributed by atoms with Crippen LogP contribution in [0.4, 0.5) is 11.4 Å². The van der Waals surface area contributed by atoms with Gasteiger partial charge in [-0.05, 0) is 68.4 Å². The standard InChI is InChI=1S/C19H28N2OSi/c1-14-12-17(13-15(2)20-14)21-16-8-10-18(11-9-16)22-23(6,7)19(3,4)5/h8-13H,1-7H3,(H,20,21). The van der Waals surface area contributed by atoms with Crippen LogP contribution in [0, 0.1) is 13.8 Å². The van der Waals surface area contributed by atoms with Crippen molar-refractivity contribution in [2.24, 2.45) is 0 Å². The molecule has 2 aromatic rings. The maximum atomic E-state index is 6.31. The largest absolute Gasteiger partial charge is 0.544 e. The average molecular weight is 329 g/mol. The third-order valence-electron chi connectivity index (χ3n) is 4.40. The quantitative estimate of drug-likeness (QED) is 0.717. The Morgan fingerprint density at radius 1 is 0.913 bits per heavy atom. The molecule has 2 rings (SSSR count). The molecular formula is C19H28N2OSi. The molecule has 1 aromatic heterocycles. The molecule has 0 fully saturated rings. The molecule has 0 unspecified atom stereocenters. The van der Waals surface area contributed by atoms with Crippen LogP contribution in [0.15, 0.2) is 36.4 Å². The van der Waals surface area contributed by atoms with Gasteiger partial charge in [-0.15, -0.1) is 0 Å². The van der Waals surface area contributed by atoms with Crippen molar-refractivity contribution in [2.75, 3.05) is 5.32 Å². The molecule has 0 spiro atoms. The maximum Gasteiger partial charge on any atom is 0.250 e. The lowest BCUT2D eigenvalue weighted by molar-refractivity contribution is 0.492. The highest BCUT2D eigenvalue weighted by molar-refractivity contribution is 6.74. The first-order valence-electron chi connectivity index (χ1n) is 8.08. The minimum Gasteiger partial charge on any atom is -0.544 e. The normalized spacial score (nSPS) is 12.1. The second-order valence-electron chi connectivity index (χ2n) is 7.65. The molecule has 0 aliphatic carbocycles. The fourth-order valence-corrected chi connectivity index (χ4v) is 3.16. The van der Waals surface area contributed by atoms with Crippen LogP contribution in [0.2, 0.25) is 18.1 Å². The number of aryl methyl sites for hydroxylation is 2. The number of aromatic nitrogens is 1. The van der Waals surface area contributed by atoms with E-state index in [2.05, 4.69) is 56.3 Å². The van der Waals surface area contributed by atoms with Gasteiger partial charge in [-0.2, -0.15) is 0 Å². The summed E-state index contributed by atoms with van der Waals surface area (Å²) >= 11 is 0. The number of nitrogens with one attached hydrogen (secondary N) is 1.